The van der Waals surface area contributed by atoms with Crippen LogP contribution in [0.15, 0.2) is 41.3 Å². The first-order valence-corrected chi connectivity index (χ1v) is 11.8. The van der Waals surface area contributed by atoms with Crippen molar-refractivity contribution >= 4 is 39.1 Å². The molecule has 7 nitrogen and oxygen atoms in total. The molecule has 1 N–H and O–H groups in total. The number of anilines is 1. The first-order chi connectivity index (χ1) is 14.6. The van der Waals surface area contributed by atoms with E-state index in [0.29, 0.717) is 18.8 Å². The molecule has 0 aromatic heterocycles. The monoisotopic (exact) mass is 463 g/mol. The van der Waals surface area contributed by atoms with Crippen LogP contribution in [-0.4, -0.2) is 56.1 Å². The molecule has 1 heterocycles. The van der Waals surface area contributed by atoms with Crippen LogP contribution in [-0.2, 0) is 14.8 Å². The second kappa shape index (κ2) is 9.38. The summed E-state index contributed by atoms with van der Waals surface area (Å²) in [5, 5.41) is 2.88. The van der Waals surface area contributed by atoms with Gasteiger partial charge in [0, 0.05) is 31.4 Å². The maximum absolute atomic E-state index is 12.9. The van der Waals surface area contributed by atoms with Gasteiger partial charge >= 0.3 is 0 Å². The minimum absolute atomic E-state index is 0.0683. The van der Waals surface area contributed by atoms with E-state index >= 15 is 0 Å². The molecule has 0 unspecified atom stereocenters. The van der Waals surface area contributed by atoms with Crippen LogP contribution >= 0.6 is 11.6 Å². The second-order valence-electron chi connectivity index (χ2n) is 7.71. The number of carbonyl (C=O) groups excluding carboxylic acids is 2. The Labute approximate surface area is 188 Å². The summed E-state index contributed by atoms with van der Waals surface area (Å²) in [6.45, 7) is 4.57. The normalized spacial score (nSPS) is 14.5. The van der Waals surface area contributed by atoms with Crippen LogP contribution < -0.4 is 5.32 Å². The molecule has 0 saturated carbocycles. The number of hydrogen-bond donors (Lipinski definition) is 1. The summed E-state index contributed by atoms with van der Waals surface area (Å²) in [6.07, 6.45) is 1.60. The van der Waals surface area contributed by atoms with Crippen molar-refractivity contribution < 1.29 is 18.0 Å². The highest BCUT2D eigenvalue weighted by Crippen LogP contribution is 2.28. The van der Waals surface area contributed by atoms with Gasteiger partial charge in [-0.2, -0.15) is 4.31 Å². The van der Waals surface area contributed by atoms with Gasteiger partial charge in [-0.25, -0.2) is 8.42 Å². The maximum atomic E-state index is 12.9. The number of aryl methyl sites for hydroxylation is 1. The molecule has 166 valence electrons. The van der Waals surface area contributed by atoms with Crippen LogP contribution in [0.3, 0.4) is 0 Å². The van der Waals surface area contributed by atoms with E-state index in [9.17, 15) is 18.0 Å². The summed E-state index contributed by atoms with van der Waals surface area (Å²) in [4.78, 5) is 26.5. The average Bonchev–Trinajstić information content (AvgIpc) is 3.27. The van der Waals surface area contributed by atoms with Crippen molar-refractivity contribution in [2.75, 3.05) is 32.0 Å². The molecule has 0 atom stereocenters. The molecule has 2 aromatic rings. The molecule has 1 fully saturated rings. The zero-order valence-electron chi connectivity index (χ0n) is 17.8. The molecule has 31 heavy (non-hydrogen) atoms. The lowest BCUT2D eigenvalue weighted by atomic mass is 10.1. The van der Waals surface area contributed by atoms with Crippen LogP contribution in [0.5, 0.6) is 0 Å². The van der Waals surface area contributed by atoms with Crippen molar-refractivity contribution in [3.8, 4) is 0 Å². The number of hydrogen-bond acceptors (Lipinski definition) is 4. The van der Waals surface area contributed by atoms with E-state index in [4.69, 9.17) is 11.6 Å². The van der Waals surface area contributed by atoms with Crippen LogP contribution in [0.4, 0.5) is 5.69 Å². The predicted molar refractivity (Wildman–Crippen MR) is 121 cm³/mol. The van der Waals surface area contributed by atoms with Gasteiger partial charge in [0.2, 0.25) is 15.9 Å². The summed E-state index contributed by atoms with van der Waals surface area (Å²) in [6, 6.07) is 9.76. The van der Waals surface area contributed by atoms with Crippen LogP contribution in [0.1, 0.15) is 34.3 Å². The fourth-order valence-corrected chi connectivity index (χ4v) is 5.50. The quantitative estimate of drug-likeness (QED) is 0.710. The molecule has 3 rings (SSSR count). The van der Waals surface area contributed by atoms with Gasteiger partial charge in [-0.15, -0.1) is 0 Å². The van der Waals surface area contributed by atoms with Gasteiger partial charge < -0.3 is 10.2 Å². The number of benzene rings is 2. The molecule has 9 heteroatoms. The fourth-order valence-electron chi connectivity index (χ4n) is 3.49. The molecule has 0 aliphatic carbocycles. The molecular formula is C22H26ClN3O4S. The van der Waals surface area contributed by atoms with Gasteiger partial charge in [-0.3, -0.25) is 9.59 Å². The summed E-state index contributed by atoms with van der Waals surface area (Å²) < 4.78 is 27.2. The minimum Gasteiger partial charge on any atom is -0.332 e. The van der Waals surface area contributed by atoms with E-state index in [-0.39, 0.29) is 27.9 Å². The first-order valence-electron chi connectivity index (χ1n) is 10.0. The number of rotatable bonds is 6. The largest absolute Gasteiger partial charge is 0.332 e. The predicted octanol–water partition coefficient (Wildman–Crippen LogP) is 3.45. The smallest absolute Gasteiger partial charge is 0.254 e. The zero-order chi connectivity index (χ0) is 22.8. The van der Waals surface area contributed by atoms with Gasteiger partial charge in [-0.05, 0) is 62.1 Å². The second-order valence-corrected chi connectivity index (χ2v) is 10.0. The van der Waals surface area contributed by atoms with E-state index in [0.717, 1.165) is 24.0 Å². The van der Waals surface area contributed by atoms with E-state index in [1.165, 1.54) is 34.5 Å². The molecular weight excluding hydrogens is 438 g/mol. The SMILES string of the molecule is Cc1cccc(NC(=O)CN(C)C(=O)c2ccc(Cl)c(S(=O)(=O)N3CCCC3)c2)c1C. The molecule has 1 aliphatic heterocycles. The lowest BCUT2D eigenvalue weighted by Crippen LogP contribution is -2.35. The summed E-state index contributed by atoms with van der Waals surface area (Å²) in [5.41, 5.74) is 2.86. The highest BCUT2D eigenvalue weighted by molar-refractivity contribution is 7.89. The highest BCUT2D eigenvalue weighted by Gasteiger charge is 2.30. The lowest BCUT2D eigenvalue weighted by Gasteiger charge is -2.20. The van der Waals surface area contributed by atoms with E-state index < -0.39 is 15.9 Å². The summed E-state index contributed by atoms with van der Waals surface area (Å²) >= 11 is 6.15. The zero-order valence-corrected chi connectivity index (χ0v) is 19.4. The van der Waals surface area contributed by atoms with Crippen molar-refractivity contribution in [2.45, 2.75) is 31.6 Å². The average molecular weight is 464 g/mol. The maximum Gasteiger partial charge on any atom is 0.254 e. The van der Waals surface area contributed by atoms with E-state index in [1.807, 2.05) is 26.0 Å². The molecule has 0 bridgehead atoms. The van der Waals surface area contributed by atoms with Crippen LogP contribution in [0.2, 0.25) is 5.02 Å². The van der Waals surface area contributed by atoms with Gasteiger partial charge in [0.15, 0.2) is 0 Å². The third-order valence-electron chi connectivity index (χ3n) is 5.47. The van der Waals surface area contributed by atoms with Crippen molar-refractivity contribution in [3.05, 3.63) is 58.1 Å². The molecule has 1 saturated heterocycles. The van der Waals surface area contributed by atoms with Crippen molar-refractivity contribution in [2.24, 2.45) is 0 Å². The van der Waals surface area contributed by atoms with Gasteiger partial charge in [-0.1, -0.05) is 23.7 Å². The Morgan fingerprint density at radius 1 is 1.13 bits per heavy atom. The van der Waals surface area contributed by atoms with Crippen molar-refractivity contribution in [1.29, 1.82) is 0 Å². The van der Waals surface area contributed by atoms with Gasteiger partial charge in [0.25, 0.3) is 5.91 Å². The van der Waals surface area contributed by atoms with Gasteiger partial charge in [0.1, 0.15) is 4.90 Å². The number of amides is 2. The van der Waals surface area contributed by atoms with Crippen molar-refractivity contribution in [1.82, 2.24) is 9.21 Å². The molecule has 2 amide bonds. The standard InChI is InChI=1S/C22H26ClN3O4S/c1-15-7-6-8-19(16(15)2)24-21(27)14-25(3)22(28)17-9-10-18(23)20(13-17)31(29,30)26-11-4-5-12-26/h6-10,13H,4-5,11-12,14H2,1-3H3,(H,24,27). The van der Waals surface area contributed by atoms with E-state index in [2.05, 4.69) is 5.32 Å². The Hall–Kier alpha value is -2.42. The third-order valence-corrected chi connectivity index (χ3v) is 7.85. The Morgan fingerprint density at radius 3 is 2.48 bits per heavy atom. The lowest BCUT2D eigenvalue weighted by molar-refractivity contribution is -0.116. The fraction of sp³-hybridized carbons (Fsp3) is 0.364. The molecule has 0 radical (unpaired) electrons. The van der Waals surface area contributed by atoms with Crippen LogP contribution in [0.25, 0.3) is 0 Å². The topological polar surface area (TPSA) is 86.8 Å². The number of sulfonamides is 1. The molecule has 0 spiro atoms. The minimum atomic E-state index is -3.77. The highest BCUT2D eigenvalue weighted by atomic mass is 35.5. The Bertz CT molecular complexity index is 1110. The van der Waals surface area contributed by atoms with Crippen molar-refractivity contribution in [3.63, 3.8) is 0 Å². The summed E-state index contributed by atoms with van der Waals surface area (Å²) in [5.74, 6) is -0.811. The number of carbonyl (C=O) groups is 2. The van der Waals surface area contributed by atoms with Gasteiger partial charge in [0.05, 0.1) is 11.6 Å². The third kappa shape index (κ3) is 5.08. The Morgan fingerprint density at radius 2 is 1.81 bits per heavy atom. The molecule has 2 aromatic carbocycles. The van der Waals surface area contributed by atoms with Crippen LogP contribution in [0, 0.1) is 13.8 Å². The Kier molecular flexibility index (Phi) is 7.03. The number of likely N-dealkylation sites (N-methyl/N-ethyl adjacent to an activating group) is 1. The first kappa shape index (κ1) is 23.2. The summed E-state index contributed by atoms with van der Waals surface area (Å²) in [7, 11) is -2.28. The molecule has 1 aliphatic rings. The number of nitrogens with zero attached hydrogens (tertiary/aromatic N) is 2. The Balaban J connectivity index is 1.75. The number of nitrogens with one attached hydrogen (secondary N) is 1. The van der Waals surface area contributed by atoms with E-state index in [1.54, 1.807) is 6.07 Å². The number of halogens is 1.